The minimum atomic E-state index is -0.311. The van der Waals surface area contributed by atoms with E-state index < -0.39 is 0 Å². The summed E-state index contributed by atoms with van der Waals surface area (Å²) in [5.41, 5.74) is 1.30. The lowest BCUT2D eigenvalue weighted by Gasteiger charge is -2.08. The van der Waals surface area contributed by atoms with Crippen molar-refractivity contribution in [2.45, 2.75) is 39.0 Å². The molecule has 1 rings (SSSR count). The molecule has 1 aromatic carbocycles. The molecular weight excluding hydrogens is 212 g/mol. The van der Waals surface area contributed by atoms with Gasteiger partial charge < -0.3 is 5.11 Å². The molecule has 1 aromatic rings. The molecule has 92 valence electrons. The zero-order chi connectivity index (χ0) is 13.0. The first-order valence-corrected chi connectivity index (χ1v) is 6.00. The minimum absolute atomic E-state index is 0.0233. The van der Waals surface area contributed by atoms with E-state index in [0.717, 1.165) is 12.0 Å². The molecule has 1 atom stereocenters. The third-order valence-corrected chi connectivity index (χ3v) is 3.05. The lowest BCUT2D eigenvalue weighted by molar-refractivity contribution is 0.460. The lowest BCUT2D eigenvalue weighted by atomic mass is 9.97. The van der Waals surface area contributed by atoms with Crippen molar-refractivity contribution >= 4 is 0 Å². The van der Waals surface area contributed by atoms with E-state index in [2.05, 4.69) is 6.58 Å². The third-order valence-electron chi connectivity index (χ3n) is 3.05. The normalized spacial score (nSPS) is 12.5. The molecule has 0 aromatic heterocycles. The van der Waals surface area contributed by atoms with Crippen LogP contribution >= 0.6 is 0 Å². The molecule has 0 saturated heterocycles. The van der Waals surface area contributed by atoms with Crippen molar-refractivity contribution < 1.29 is 5.11 Å². The van der Waals surface area contributed by atoms with Crippen molar-refractivity contribution in [1.29, 1.82) is 0 Å². The van der Waals surface area contributed by atoms with E-state index in [1.165, 1.54) is 6.07 Å². The molecule has 1 unspecified atom stereocenters. The molecule has 0 bridgehead atoms. The molecule has 0 spiro atoms. The van der Waals surface area contributed by atoms with E-state index in [4.69, 9.17) is 0 Å². The zero-order valence-electron chi connectivity index (χ0n) is 10.7. The van der Waals surface area contributed by atoms with Crippen LogP contribution in [0.5, 0.6) is 5.75 Å². The van der Waals surface area contributed by atoms with Gasteiger partial charge in [0.25, 0.3) is 0 Å². The SMILES string of the molecule is C=CC(CC)c1ccc(C(C)C)cc(=O)c1O. The highest BCUT2D eigenvalue weighted by Crippen LogP contribution is 2.26. The van der Waals surface area contributed by atoms with Gasteiger partial charge in [0, 0.05) is 11.5 Å². The highest BCUT2D eigenvalue weighted by molar-refractivity contribution is 5.38. The fourth-order valence-corrected chi connectivity index (χ4v) is 1.85. The monoisotopic (exact) mass is 232 g/mol. The first-order valence-electron chi connectivity index (χ1n) is 6.00. The smallest absolute Gasteiger partial charge is 0.220 e. The molecule has 0 radical (unpaired) electrons. The summed E-state index contributed by atoms with van der Waals surface area (Å²) in [6, 6.07) is 5.26. The van der Waals surface area contributed by atoms with Gasteiger partial charge in [-0.15, -0.1) is 6.58 Å². The molecule has 1 N–H and O–H groups in total. The molecule has 0 heterocycles. The Balaban J connectivity index is 3.45. The summed E-state index contributed by atoms with van der Waals surface area (Å²) >= 11 is 0. The van der Waals surface area contributed by atoms with Crippen molar-refractivity contribution in [3.63, 3.8) is 0 Å². The summed E-state index contributed by atoms with van der Waals surface area (Å²) in [4.78, 5) is 11.8. The second kappa shape index (κ2) is 5.67. The Morgan fingerprint density at radius 2 is 2.06 bits per heavy atom. The number of allylic oxidation sites excluding steroid dienone is 1. The Kier molecular flexibility index (Phi) is 4.50. The summed E-state index contributed by atoms with van der Waals surface area (Å²) in [7, 11) is 0. The van der Waals surface area contributed by atoms with E-state index in [1.54, 1.807) is 6.08 Å². The molecular formula is C15H20O2. The van der Waals surface area contributed by atoms with E-state index in [0.29, 0.717) is 5.56 Å². The Bertz CT molecular complexity index is 461. The Hall–Kier alpha value is -1.57. The Labute approximate surface area is 103 Å². The van der Waals surface area contributed by atoms with Gasteiger partial charge in [-0.05, 0) is 24.0 Å². The standard InChI is InChI=1S/C15H20O2/c1-5-11(6-2)13-8-7-12(10(3)4)9-14(16)15(13)17/h5,7-11H,1,6H2,2-4H3,(H,16,17). The minimum Gasteiger partial charge on any atom is -0.504 e. The number of aromatic hydroxyl groups is 1. The largest absolute Gasteiger partial charge is 0.504 e. The van der Waals surface area contributed by atoms with Gasteiger partial charge in [-0.1, -0.05) is 39.0 Å². The first-order chi connectivity index (χ1) is 8.01. The van der Waals surface area contributed by atoms with Gasteiger partial charge in [-0.25, -0.2) is 0 Å². The van der Waals surface area contributed by atoms with E-state index >= 15 is 0 Å². The molecule has 2 nitrogen and oxygen atoms in total. The van der Waals surface area contributed by atoms with Crippen LogP contribution in [0.3, 0.4) is 0 Å². The van der Waals surface area contributed by atoms with Crippen molar-refractivity contribution in [1.82, 2.24) is 0 Å². The predicted molar refractivity (Wildman–Crippen MR) is 71.7 cm³/mol. The van der Waals surface area contributed by atoms with Crippen LogP contribution in [0.15, 0.2) is 35.6 Å². The van der Waals surface area contributed by atoms with Gasteiger partial charge in [-0.3, -0.25) is 4.79 Å². The van der Waals surface area contributed by atoms with Crippen molar-refractivity contribution in [2.24, 2.45) is 0 Å². The quantitative estimate of drug-likeness (QED) is 0.806. The van der Waals surface area contributed by atoms with Crippen LogP contribution in [0.25, 0.3) is 0 Å². The first kappa shape index (κ1) is 13.5. The van der Waals surface area contributed by atoms with E-state index in [9.17, 15) is 9.90 Å². The number of hydrogen-bond acceptors (Lipinski definition) is 2. The molecule has 0 aliphatic rings. The maximum absolute atomic E-state index is 11.8. The molecule has 0 aliphatic heterocycles. The number of rotatable bonds is 4. The van der Waals surface area contributed by atoms with Crippen molar-refractivity contribution in [2.75, 3.05) is 0 Å². The van der Waals surface area contributed by atoms with Crippen LogP contribution in [0, 0.1) is 0 Å². The van der Waals surface area contributed by atoms with Crippen LogP contribution in [0.2, 0.25) is 0 Å². The van der Waals surface area contributed by atoms with E-state index in [-0.39, 0.29) is 23.0 Å². The van der Waals surface area contributed by atoms with Gasteiger partial charge in [0.2, 0.25) is 5.43 Å². The number of hydrogen-bond donors (Lipinski definition) is 1. The third kappa shape index (κ3) is 2.96. The van der Waals surface area contributed by atoms with Crippen molar-refractivity contribution in [3.8, 4) is 5.75 Å². The molecule has 0 saturated carbocycles. The van der Waals surface area contributed by atoms with Crippen LogP contribution < -0.4 is 5.43 Å². The van der Waals surface area contributed by atoms with Crippen LogP contribution in [-0.2, 0) is 0 Å². The highest BCUT2D eigenvalue weighted by Gasteiger charge is 2.12. The summed E-state index contributed by atoms with van der Waals surface area (Å²) in [5.74, 6) is 0.143. The highest BCUT2D eigenvalue weighted by atomic mass is 16.3. The second-order valence-electron chi connectivity index (χ2n) is 4.55. The van der Waals surface area contributed by atoms with Gasteiger partial charge in [0.15, 0.2) is 5.75 Å². The molecule has 0 fully saturated rings. The average molecular weight is 232 g/mol. The van der Waals surface area contributed by atoms with E-state index in [1.807, 2.05) is 32.9 Å². The average Bonchev–Trinajstić information content (AvgIpc) is 2.44. The topological polar surface area (TPSA) is 37.3 Å². The second-order valence-corrected chi connectivity index (χ2v) is 4.55. The van der Waals surface area contributed by atoms with Gasteiger partial charge in [0.05, 0.1) is 0 Å². The van der Waals surface area contributed by atoms with Crippen LogP contribution in [0.1, 0.15) is 50.2 Å². The van der Waals surface area contributed by atoms with Gasteiger partial charge >= 0.3 is 0 Å². The molecule has 0 amide bonds. The van der Waals surface area contributed by atoms with Gasteiger partial charge in [-0.2, -0.15) is 0 Å². The fraction of sp³-hybridized carbons (Fsp3) is 0.400. The molecule has 17 heavy (non-hydrogen) atoms. The lowest BCUT2D eigenvalue weighted by Crippen LogP contribution is -2.01. The summed E-state index contributed by atoms with van der Waals surface area (Å²) in [5, 5.41) is 9.94. The zero-order valence-corrected chi connectivity index (χ0v) is 10.7. The Morgan fingerprint density at radius 1 is 1.41 bits per heavy atom. The fourth-order valence-electron chi connectivity index (χ4n) is 1.85. The molecule has 2 heteroatoms. The van der Waals surface area contributed by atoms with Crippen molar-refractivity contribution in [3.05, 3.63) is 52.2 Å². The van der Waals surface area contributed by atoms with Crippen LogP contribution in [0.4, 0.5) is 0 Å². The Morgan fingerprint density at radius 3 is 2.53 bits per heavy atom. The summed E-state index contributed by atoms with van der Waals surface area (Å²) in [6.45, 7) is 9.80. The predicted octanol–water partition coefficient (Wildman–Crippen LogP) is 3.56. The maximum Gasteiger partial charge on any atom is 0.220 e. The summed E-state index contributed by atoms with van der Waals surface area (Å²) < 4.78 is 0. The van der Waals surface area contributed by atoms with Crippen LogP contribution in [-0.4, -0.2) is 5.11 Å². The summed E-state index contributed by atoms with van der Waals surface area (Å²) in [6.07, 6.45) is 2.58. The molecule has 0 aliphatic carbocycles. The van der Waals surface area contributed by atoms with Gasteiger partial charge in [0.1, 0.15) is 0 Å². The maximum atomic E-state index is 11.8.